The maximum absolute atomic E-state index is 11.9. The second-order valence-electron chi connectivity index (χ2n) is 6.06. The second-order valence-corrected chi connectivity index (χ2v) is 6.06. The van der Waals surface area contributed by atoms with E-state index in [4.69, 9.17) is 4.74 Å². The largest absolute Gasteiger partial charge is 0.455 e. The van der Waals surface area contributed by atoms with E-state index in [2.05, 4.69) is 10.6 Å². The molecule has 0 heterocycles. The molecule has 0 aliphatic heterocycles. The molecule has 2 aromatic carbocycles. The molecule has 2 rings (SSSR count). The van der Waals surface area contributed by atoms with Gasteiger partial charge in [-0.05, 0) is 23.1 Å². The van der Waals surface area contributed by atoms with E-state index in [9.17, 15) is 14.4 Å². The zero-order chi connectivity index (χ0) is 19.5. The van der Waals surface area contributed by atoms with Crippen molar-refractivity contribution in [1.29, 1.82) is 0 Å². The summed E-state index contributed by atoms with van der Waals surface area (Å²) < 4.78 is 4.92. The number of unbranched alkanes of at least 4 members (excludes halogenated alkanes) is 1. The number of benzene rings is 2. The highest BCUT2D eigenvalue weighted by Crippen LogP contribution is 2.19. The lowest BCUT2D eigenvalue weighted by Gasteiger charge is -2.07. The molecule has 2 N–H and O–H groups in total. The van der Waals surface area contributed by atoms with Gasteiger partial charge in [-0.1, -0.05) is 67.9 Å². The summed E-state index contributed by atoms with van der Waals surface area (Å²) in [4.78, 5) is 34.9. The van der Waals surface area contributed by atoms with Crippen molar-refractivity contribution in [2.24, 2.45) is 0 Å². The first-order chi connectivity index (χ1) is 13.1. The summed E-state index contributed by atoms with van der Waals surface area (Å²) in [5.74, 6) is -1.18. The van der Waals surface area contributed by atoms with Gasteiger partial charge in [0.25, 0.3) is 5.91 Å². The zero-order valence-electron chi connectivity index (χ0n) is 15.4. The lowest BCUT2D eigenvalue weighted by atomic mass is 10.0. The van der Waals surface area contributed by atoms with Gasteiger partial charge in [0, 0.05) is 6.54 Å². The van der Waals surface area contributed by atoms with E-state index < -0.39 is 24.5 Å². The number of ether oxygens (including phenoxy) is 1. The quantitative estimate of drug-likeness (QED) is 0.554. The summed E-state index contributed by atoms with van der Waals surface area (Å²) in [5, 5.41) is 4.67. The smallest absolute Gasteiger partial charge is 0.321 e. The van der Waals surface area contributed by atoms with Gasteiger partial charge in [0.15, 0.2) is 6.61 Å². The molecule has 3 amide bonds. The Kier molecular flexibility index (Phi) is 8.03. The maximum Gasteiger partial charge on any atom is 0.321 e. The van der Waals surface area contributed by atoms with Crippen LogP contribution in [0.25, 0.3) is 11.1 Å². The van der Waals surface area contributed by atoms with E-state index >= 15 is 0 Å². The standard InChI is InChI=1S/C21H24N2O4/c1-2-3-13-22-21(26)23-19(24)15-27-20(25)14-16-9-11-18(12-10-16)17-7-5-4-6-8-17/h4-12H,2-3,13-15H2,1H3,(H2,22,23,24,26). The third-order valence-electron chi connectivity index (χ3n) is 3.84. The van der Waals surface area contributed by atoms with Gasteiger partial charge in [-0.3, -0.25) is 14.9 Å². The Morgan fingerprint density at radius 3 is 2.26 bits per heavy atom. The predicted octanol–water partition coefficient (Wildman–Crippen LogP) is 3.07. The average Bonchev–Trinajstić information content (AvgIpc) is 2.68. The first-order valence-corrected chi connectivity index (χ1v) is 8.96. The van der Waals surface area contributed by atoms with E-state index in [1.54, 1.807) is 0 Å². The Morgan fingerprint density at radius 1 is 0.926 bits per heavy atom. The van der Waals surface area contributed by atoms with Gasteiger partial charge in [0.2, 0.25) is 0 Å². The Balaban J connectivity index is 1.74. The Hall–Kier alpha value is -3.15. The number of rotatable bonds is 8. The number of hydrogen-bond donors (Lipinski definition) is 2. The fourth-order valence-corrected chi connectivity index (χ4v) is 2.39. The van der Waals surface area contributed by atoms with Crippen LogP contribution in [0.5, 0.6) is 0 Å². The molecule has 0 radical (unpaired) electrons. The second kappa shape index (κ2) is 10.8. The minimum absolute atomic E-state index is 0.0606. The number of amides is 3. The van der Waals surface area contributed by atoms with Crippen LogP contribution in [-0.4, -0.2) is 31.1 Å². The van der Waals surface area contributed by atoms with E-state index in [0.717, 1.165) is 29.5 Å². The predicted molar refractivity (Wildman–Crippen MR) is 103 cm³/mol. The van der Waals surface area contributed by atoms with Crippen molar-refractivity contribution >= 4 is 17.9 Å². The van der Waals surface area contributed by atoms with Crippen LogP contribution in [0.3, 0.4) is 0 Å². The number of esters is 1. The Morgan fingerprint density at radius 2 is 1.59 bits per heavy atom. The Bertz CT molecular complexity index is 758. The fourth-order valence-electron chi connectivity index (χ4n) is 2.39. The summed E-state index contributed by atoms with van der Waals surface area (Å²) in [6.07, 6.45) is 1.84. The summed E-state index contributed by atoms with van der Waals surface area (Å²) in [6, 6.07) is 16.9. The van der Waals surface area contributed by atoms with Crippen molar-refractivity contribution < 1.29 is 19.1 Å². The van der Waals surface area contributed by atoms with Gasteiger partial charge < -0.3 is 10.1 Å². The van der Waals surface area contributed by atoms with Crippen LogP contribution >= 0.6 is 0 Å². The first-order valence-electron chi connectivity index (χ1n) is 8.96. The SMILES string of the molecule is CCCCNC(=O)NC(=O)COC(=O)Cc1ccc(-c2ccccc2)cc1. The highest BCUT2D eigenvalue weighted by molar-refractivity contribution is 5.95. The summed E-state index contributed by atoms with van der Waals surface area (Å²) >= 11 is 0. The van der Waals surface area contributed by atoms with Crippen molar-refractivity contribution in [2.45, 2.75) is 26.2 Å². The molecule has 0 aliphatic rings. The van der Waals surface area contributed by atoms with Gasteiger partial charge in [-0.15, -0.1) is 0 Å². The number of imide groups is 1. The first kappa shape index (κ1) is 20.2. The minimum atomic E-state index is -0.656. The fraction of sp³-hybridized carbons (Fsp3) is 0.286. The van der Waals surface area contributed by atoms with Crippen molar-refractivity contribution in [3.63, 3.8) is 0 Å². The molecule has 0 aromatic heterocycles. The van der Waals surface area contributed by atoms with Crippen LogP contribution in [0.2, 0.25) is 0 Å². The topological polar surface area (TPSA) is 84.5 Å². The molecule has 0 unspecified atom stereocenters. The molecule has 0 aliphatic carbocycles. The van der Waals surface area contributed by atoms with Crippen LogP contribution in [0, 0.1) is 0 Å². The van der Waals surface area contributed by atoms with Crippen LogP contribution in [0.4, 0.5) is 4.79 Å². The van der Waals surface area contributed by atoms with Crippen LogP contribution in [0.15, 0.2) is 54.6 Å². The zero-order valence-corrected chi connectivity index (χ0v) is 15.4. The molecule has 0 saturated carbocycles. The molecule has 0 fully saturated rings. The van der Waals surface area contributed by atoms with E-state index in [1.165, 1.54) is 0 Å². The molecule has 0 saturated heterocycles. The molecule has 6 heteroatoms. The van der Waals surface area contributed by atoms with E-state index in [1.807, 2.05) is 61.5 Å². The molecule has 0 atom stereocenters. The molecular weight excluding hydrogens is 344 g/mol. The third kappa shape index (κ3) is 7.32. The van der Waals surface area contributed by atoms with E-state index in [0.29, 0.717) is 6.54 Å². The lowest BCUT2D eigenvalue weighted by Crippen LogP contribution is -2.41. The molecular formula is C21H24N2O4. The molecule has 0 bridgehead atoms. The summed E-state index contributed by atoms with van der Waals surface area (Å²) in [5.41, 5.74) is 2.94. The molecule has 6 nitrogen and oxygen atoms in total. The van der Waals surface area contributed by atoms with Gasteiger partial charge in [-0.25, -0.2) is 4.79 Å². The summed E-state index contributed by atoms with van der Waals surface area (Å²) in [7, 11) is 0. The molecule has 0 spiro atoms. The highest BCUT2D eigenvalue weighted by Gasteiger charge is 2.11. The van der Waals surface area contributed by atoms with Crippen molar-refractivity contribution in [3.05, 3.63) is 60.2 Å². The molecule has 27 heavy (non-hydrogen) atoms. The normalized spacial score (nSPS) is 10.1. The monoisotopic (exact) mass is 368 g/mol. The average molecular weight is 368 g/mol. The molecule has 142 valence electrons. The number of hydrogen-bond acceptors (Lipinski definition) is 4. The minimum Gasteiger partial charge on any atom is -0.455 e. The number of carbonyl (C=O) groups excluding carboxylic acids is 3. The van der Waals surface area contributed by atoms with Crippen molar-refractivity contribution in [2.75, 3.05) is 13.2 Å². The lowest BCUT2D eigenvalue weighted by molar-refractivity contribution is -0.147. The van der Waals surface area contributed by atoms with Crippen molar-refractivity contribution in [1.82, 2.24) is 10.6 Å². The van der Waals surface area contributed by atoms with Gasteiger partial charge in [0.05, 0.1) is 6.42 Å². The van der Waals surface area contributed by atoms with Gasteiger partial charge >= 0.3 is 12.0 Å². The number of nitrogens with one attached hydrogen (secondary N) is 2. The number of carbonyl (C=O) groups is 3. The van der Waals surface area contributed by atoms with Crippen LogP contribution in [-0.2, 0) is 20.7 Å². The maximum atomic E-state index is 11.9. The third-order valence-corrected chi connectivity index (χ3v) is 3.84. The van der Waals surface area contributed by atoms with Crippen LogP contribution < -0.4 is 10.6 Å². The van der Waals surface area contributed by atoms with E-state index in [-0.39, 0.29) is 6.42 Å². The van der Waals surface area contributed by atoms with Crippen LogP contribution in [0.1, 0.15) is 25.3 Å². The summed E-state index contributed by atoms with van der Waals surface area (Å²) in [6.45, 7) is 2.01. The highest BCUT2D eigenvalue weighted by atomic mass is 16.5. The Labute approximate surface area is 158 Å². The molecule has 2 aromatic rings. The van der Waals surface area contributed by atoms with Gasteiger partial charge in [0.1, 0.15) is 0 Å². The van der Waals surface area contributed by atoms with Crippen molar-refractivity contribution in [3.8, 4) is 11.1 Å². The van der Waals surface area contributed by atoms with Gasteiger partial charge in [-0.2, -0.15) is 0 Å². The number of urea groups is 1.